The summed E-state index contributed by atoms with van der Waals surface area (Å²) < 4.78 is 0.647. The molecule has 1 aliphatic carbocycles. The summed E-state index contributed by atoms with van der Waals surface area (Å²) in [5.74, 6) is 0. The molecular weight excluding hydrogens is 204 g/mol. The fraction of sp³-hybridized carbons (Fsp3) is 0.500. The second-order valence-electron chi connectivity index (χ2n) is 5.16. The molecule has 0 N–H and O–H groups in total. The van der Waals surface area contributed by atoms with Crippen LogP contribution in [0.4, 0.5) is 0 Å². The van der Waals surface area contributed by atoms with E-state index >= 15 is 0 Å². The lowest BCUT2D eigenvalue weighted by molar-refractivity contribution is 1.24. The first-order chi connectivity index (χ1) is 6.54. The van der Waals surface area contributed by atoms with Crippen LogP contribution in [0.2, 0.25) is 19.6 Å². The maximum Gasteiger partial charge on any atom is 0.0630 e. The van der Waals surface area contributed by atoms with Gasteiger partial charge in [-0.25, -0.2) is 0 Å². The number of rotatable bonds is 3. The van der Waals surface area contributed by atoms with Crippen LogP contribution >= 0.6 is 11.8 Å². The number of thioether (sulfide) groups is 1. The van der Waals surface area contributed by atoms with Crippen LogP contribution < -0.4 is 0 Å². The van der Waals surface area contributed by atoms with E-state index in [4.69, 9.17) is 0 Å². The molecule has 0 heterocycles. The first kappa shape index (κ1) is 10.3. The molecule has 1 aromatic rings. The van der Waals surface area contributed by atoms with E-state index < -0.39 is 8.07 Å². The van der Waals surface area contributed by atoms with Gasteiger partial charge in [0.2, 0.25) is 0 Å². The summed E-state index contributed by atoms with van der Waals surface area (Å²) in [5, 5.41) is 0. The minimum Gasteiger partial charge on any atom is -0.123 e. The minimum atomic E-state index is -0.994. The van der Waals surface area contributed by atoms with Crippen molar-refractivity contribution in [2.45, 2.75) is 41.7 Å². The highest BCUT2D eigenvalue weighted by Crippen LogP contribution is 2.57. The first-order valence-electron chi connectivity index (χ1n) is 5.28. The molecule has 1 fully saturated rings. The van der Waals surface area contributed by atoms with Crippen molar-refractivity contribution in [3.05, 3.63) is 30.3 Å². The maximum atomic E-state index is 2.50. The summed E-state index contributed by atoms with van der Waals surface area (Å²) in [6.07, 6.45) is 2.87. The average molecular weight is 222 g/mol. The molecule has 0 atom stereocenters. The molecule has 14 heavy (non-hydrogen) atoms. The van der Waals surface area contributed by atoms with Crippen molar-refractivity contribution in [2.24, 2.45) is 0 Å². The van der Waals surface area contributed by atoms with E-state index in [1.54, 1.807) is 0 Å². The van der Waals surface area contributed by atoms with Gasteiger partial charge >= 0.3 is 0 Å². The number of hydrogen-bond donors (Lipinski definition) is 0. The Kier molecular flexibility index (Phi) is 2.52. The average Bonchev–Trinajstić information content (AvgIpc) is 2.86. The molecule has 2 rings (SSSR count). The first-order valence-corrected chi connectivity index (χ1v) is 9.59. The van der Waals surface area contributed by atoms with Gasteiger partial charge in [0.25, 0.3) is 0 Å². The van der Waals surface area contributed by atoms with E-state index in [0.717, 1.165) is 0 Å². The zero-order chi connectivity index (χ0) is 10.2. The van der Waals surface area contributed by atoms with Crippen LogP contribution in [0.1, 0.15) is 12.8 Å². The molecule has 0 bridgehead atoms. The Morgan fingerprint density at radius 3 is 2.07 bits per heavy atom. The smallest absolute Gasteiger partial charge is 0.0630 e. The number of benzene rings is 1. The standard InChI is InChI=1S/C12H18SSi/c1-14(2,3)12(9-10-12)13-11-7-5-4-6-8-11/h4-8H,9-10H2,1-3H3. The van der Waals surface area contributed by atoms with Crippen molar-refractivity contribution in [3.63, 3.8) is 0 Å². The monoisotopic (exact) mass is 222 g/mol. The van der Waals surface area contributed by atoms with E-state index in [-0.39, 0.29) is 0 Å². The van der Waals surface area contributed by atoms with E-state index in [0.29, 0.717) is 4.37 Å². The van der Waals surface area contributed by atoms with Gasteiger partial charge in [0.1, 0.15) is 0 Å². The third kappa shape index (κ3) is 1.91. The molecular formula is C12H18SSi. The van der Waals surface area contributed by atoms with Crippen LogP contribution in [0.3, 0.4) is 0 Å². The highest BCUT2D eigenvalue weighted by atomic mass is 32.2. The van der Waals surface area contributed by atoms with E-state index in [9.17, 15) is 0 Å². The van der Waals surface area contributed by atoms with Gasteiger partial charge in [-0.05, 0) is 25.0 Å². The molecule has 1 aliphatic rings. The number of hydrogen-bond acceptors (Lipinski definition) is 1. The van der Waals surface area contributed by atoms with Gasteiger partial charge in [-0.1, -0.05) is 37.8 Å². The third-order valence-electron chi connectivity index (χ3n) is 3.13. The second kappa shape index (κ2) is 3.42. The predicted octanol–water partition coefficient (Wildman–Crippen LogP) is 4.19. The zero-order valence-corrected chi connectivity index (χ0v) is 11.0. The second-order valence-corrected chi connectivity index (χ2v) is 12.4. The fourth-order valence-corrected chi connectivity index (χ4v) is 6.09. The van der Waals surface area contributed by atoms with Gasteiger partial charge in [0.15, 0.2) is 0 Å². The molecule has 0 saturated heterocycles. The molecule has 0 aliphatic heterocycles. The van der Waals surface area contributed by atoms with E-state index in [1.165, 1.54) is 17.7 Å². The van der Waals surface area contributed by atoms with Crippen molar-refractivity contribution in [1.82, 2.24) is 0 Å². The third-order valence-corrected chi connectivity index (χ3v) is 9.81. The summed E-state index contributed by atoms with van der Waals surface area (Å²) in [7, 11) is -0.994. The van der Waals surface area contributed by atoms with Crippen LogP contribution in [0, 0.1) is 0 Å². The lowest BCUT2D eigenvalue weighted by atomic mass is 10.4. The molecule has 0 spiro atoms. The molecule has 1 saturated carbocycles. The Morgan fingerprint density at radius 2 is 1.64 bits per heavy atom. The van der Waals surface area contributed by atoms with Crippen LogP contribution in [0.25, 0.3) is 0 Å². The Bertz CT molecular complexity index is 309. The normalized spacial score (nSPS) is 19.4. The van der Waals surface area contributed by atoms with Crippen LogP contribution in [0.15, 0.2) is 35.2 Å². The van der Waals surface area contributed by atoms with Gasteiger partial charge in [0.05, 0.1) is 8.07 Å². The van der Waals surface area contributed by atoms with E-state index in [2.05, 4.69) is 61.7 Å². The van der Waals surface area contributed by atoms with Crippen LogP contribution in [0.5, 0.6) is 0 Å². The largest absolute Gasteiger partial charge is 0.123 e. The lowest BCUT2D eigenvalue weighted by Crippen LogP contribution is -2.37. The van der Waals surface area contributed by atoms with Crippen molar-refractivity contribution < 1.29 is 0 Å². The van der Waals surface area contributed by atoms with Crippen molar-refractivity contribution >= 4 is 19.8 Å². The molecule has 76 valence electrons. The molecule has 0 unspecified atom stereocenters. The zero-order valence-electron chi connectivity index (χ0n) is 9.21. The summed E-state index contributed by atoms with van der Waals surface area (Å²) in [6.45, 7) is 7.49. The van der Waals surface area contributed by atoms with Crippen molar-refractivity contribution in [2.75, 3.05) is 0 Å². The van der Waals surface area contributed by atoms with E-state index in [1.807, 2.05) is 0 Å². The topological polar surface area (TPSA) is 0 Å². The molecule has 0 amide bonds. The van der Waals surface area contributed by atoms with Crippen LogP contribution in [-0.2, 0) is 0 Å². The molecule has 0 aromatic heterocycles. The summed E-state index contributed by atoms with van der Waals surface area (Å²) in [4.78, 5) is 1.45. The summed E-state index contributed by atoms with van der Waals surface area (Å²) in [6, 6.07) is 10.9. The molecule has 0 radical (unpaired) electrons. The molecule has 0 nitrogen and oxygen atoms in total. The fourth-order valence-electron chi connectivity index (χ4n) is 1.83. The maximum absolute atomic E-state index is 2.50. The van der Waals surface area contributed by atoms with Gasteiger partial charge in [0, 0.05) is 9.27 Å². The minimum absolute atomic E-state index is 0.647. The Labute approximate surface area is 92.1 Å². The van der Waals surface area contributed by atoms with Gasteiger partial charge in [-0.15, -0.1) is 11.8 Å². The predicted molar refractivity (Wildman–Crippen MR) is 67.6 cm³/mol. The lowest BCUT2D eigenvalue weighted by Gasteiger charge is -2.28. The van der Waals surface area contributed by atoms with Crippen molar-refractivity contribution in [3.8, 4) is 0 Å². The highest BCUT2D eigenvalue weighted by Gasteiger charge is 2.53. The summed E-state index contributed by atoms with van der Waals surface area (Å²) in [5.41, 5.74) is 0. The highest BCUT2D eigenvalue weighted by molar-refractivity contribution is 8.02. The Hall–Kier alpha value is -0.213. The quantitative estimate of drug-likeness (QED) is 0.691. The summed E-state index contributed by atoms with van der Waals surface area (Å²) >= 11 is 2.13. The SMILES string of the molecule is C[Si](C)(C)C1(Sc2ccccc2)CC1. The van der Waals surface area contributed by atoms with Gasteiger partial charge < -0.3 is 0 Å². The molecule has 2 heteroatoms. The molecule has 1 aromatic carbocycles. The van der Waals surface area contributed by atoms with Gasteiger partial charge in [-0.3, -0.25) is 0 Å². The van der Waals surface area contributed by atoms with Gasteiger partial charge in [-0.2, -0.15) is 0 Å². The van der Waals surface area contributed by atoms with Crippen molar-refractivity contribution in [1.29, 1.82) is 0 Å². The van der Waals surface area contributed by atoms with Crippen LogP contribution in [-0.4, -0.2) is 12.4 Å². The Morgan fingerprint density at radius 1 is 1.07 bits per heavy atom. The Balaban J connectivity index is 2.13.